The number of carbonyl (C=O) groups is 4. The average molecular weight is 618 g/mol. The van der Waals surface area contributed by atoms with Crippen LogP contribution < -0.4 is 20.2 Å². The summed E-state index contributed by atoms with van der Waals surface area (Å²) in [7, 11) is -2.39. The number of amides is 2. The summed E-state index contributed by atoms with van der Waals surface area (Å²) in [5, 5.41) is 2.80. The summed E-state index contributed by atoms with van der Waals surface area (Å²) >= 11 is 0. The standard InChI is InChI=1S/C34H31N5O5Si/c1-45(2)27-18-21(37-13-3-14-37)6-9-24(27)34(25-10-7-22(19-28(25)45)38-15-4-16-38)26-17-20(5-8-23(26)31(42)32(34)36-35)33(43)44-39-29(40)11-12-30(39)41/h5-10,17-19H,3-4,11-16H2,1-2H3. The van der Waals surface area contributed by atoms with Crippen molar-refractivity contribution in [1.82, 2.24) is 5.06 Å². The molecule has 1 aliphatic carbocycles. The first-order chi connectivity index (χ1) is 21.7. The Labute approximate surface area is 260 Å². The highest BCUT2D eigenvalue weighted by Crippen LogP contribution is 2.50. The van der Waals surface area contributed by atoms with Gasteiger partial charge in [-0.3, -0.25) is 14.4 Å². The van der Waals surface area contributed by atoms with E-state index in [1.165, 1.54) is 6.07 Å². The topological polar surface area (TPSA) is 124 Å². The molecule has 3 saturated heterocycles. The molecule has 3 aromatic rings. The number of rotatable bonds is 4. The van der Waals surface area contributed by atoms with Crippen molar-refractivity contribution in [1.29, 1.82) is 0 Å². The Kier molecular flexibility index (Phi) is 5.88. The number of hydrogen-bond acceptors (Lipinski definition) is 7. The van der Waals surface area contributed by atoms with E-state index in [-0.39, 0.29) is 24.1 Å². The van der Waals surface area contributed by atoms with Crippen molar-refractivity contribution in [2.75, 3.05) is 36.0 Å². The van der Waals surface area contributed by atoms with Gasteiger partial charge in [0.05, 0.1) is 5.56 Å². The summed E-state index contributed by atoms with van der Waals surface area (Å²) in [5.74, 6) is -2.46. The third-order valence-electron chi connectivity index (χ3n) is 10.4. The molecular weight excluding hydrogens is 586 g/mol. The number of benzene rings is 3. The summed E-state index contributed by atoms with van der Waals surface area (Å²) < 4.78 is 0. The molecule has 0 bridgehead atoms. The van der Waals surface area contributed by atoms with E-state index in [0.29, 0.717) is 16.2 Å². The average Bonchev–Trinajstić information content (AvgIpc) is 3.42. The molecule has 4 aliphatic heterocycles. The molecule has 45 heavy (non-hydrogen) atoms. The zero-order chi connectivity index (χ0) is 31.2. The van der Waals surface area contributed by atoms with Crippen LogP contribution >= 0.6 is 0 Å². The van der Waals surface area contributed by atoms with E-state index in [0.717, 1.165) is 71.9 Å². The quantitative estimate of drug-likeness (QED) is 0.191. The summed E-state index contributed by atoms with van der Waals surface area (Å²) in [5.41, 5.74) is 14.2. The van der Waals surface area contributed by atoms with Crippen molar-refractivity contribution in [2.24, 2.45) is 0 Å². The predicted molar refractivity (Wildman–Crippen MR) is 169 cm³/mol. The van der Waals surface area contributed by atoms with E-state index in [1.807, 2.05) is 0 Å². The highest BCUT2D eigenvalue weighted by Gasteiger charge is 2.63. The van der Waals surface area contributed by atoms with Crippen molar-refractivity contribution in [3.8, 4) is 0 Å². The van der Waals surface area contributed by atoms with E-state index in [4.69, 9.17) is 4.84 Å². The SMILES string of the molecule is C[Si]1(C)c2cc(N3CCC3)ccc2C2(C(=[N+]=[N-])C(=O)c3ccc(C(=O)ON4C(=O)CCC4=O)cc32)c2ccc(N3CCC3)cc21. The van der Waals surface area contributed by atoms with Crippen LogP contribution in [0.4, 0.5) is 11.4 Å². The van der Waals surface area contributed by atoms with Crippen LogP contribution in [-0.4, -0.2) is 73.4 Å². The number of Topliss-reactive ketones (excluding diaryl/α,β-unsaturated/α-hetero) is 1. The van der Waals surface area contributed by atoms with Crippen LogP contribution in [0.3, 0.4) is 0 Å². The summed E-state index contributed by atoms with van der Waals surface area (Å²) in [6.07, 6.45) is 2.24. The van der Waals surface area contributed by atoms with Gasteiger partial charge in [-0.15, -0.1) is 5.06 Å². The maximum Gasteiger partial charge on any atom is 0.363 e. The predicted octanol–water partition coefficient (Wildman–Crippen LogP) is 2.67. The lowest BCUT2D eigenvalue weighted by molar-refractivity contribution is -0.172. The fourth-order valence-corrected chi connectivity index (χ4v) is 10.8. The van der Waals surface area contributed by atoms with Gasteiger partial charge in [-0.1, -0.05) is 25.2 Å². The molecule has 2 amide bonds. The molecule has 226 valence electrons. The molecule has 3 fully saturated rings. The summed E-state index contributed by atoms with van der Waals surface area (Å²) in [6.45, 7) is 8.59. The van der Waals surface area contributed by atoms with E-state index >= 15 is 0 Å². The number of carbonyl (C=O) groups excluding carboxylic acids is 4. The molecule has 0 saturated carbocycles. The van der Waals surface area contributed by atoms with E-state index in [9.17, 15) is 24.7 Å². The lowest BCUT2D eigenvalue weighted by Crippen LogP contribution is -2.65. The number of ketones is 1. The second-order valence-corrected chi connectivity index (χ2v) is 17.3. The fraction of sp³-hybridized carbons (Fsp3) is 0.324. The molecule has 0 radical (unpaired) electrons. The van der Waals surface area contributed by atoms with Crippen molar-refractivity contribution in [3.05, 3.63) is 87.9 Å². The van der Waals surface area contributed by atoms with Gasteiger partial charge in [0.15, 0.2) is 5.41 Å². The Bertz CT molecular complexity index is 1860. The third-order valence-corrected chi connectivity index (χ3v) is 13.9. The molecular formula is C34H31N5O5Si. The first-order valence-electron chi connectivity index (χ1n) is 15.5. The molecule has 1 spiro atoms. The van der Waals surface area contributed by atoms with E-state index in [1.54, 1.807) is 12.1 Å². The highest BCUT2D eigenvalue weighted by molar-refractivity contribution is 7.01. The second-order valence-electron chi connectivity index (χ2n) is 13.0. The largest absolute Gasteiger partial charge is 0.371 e. The molecule has 8 rings (SSSR count). The number of imide groups is 1. The molecule has 5 aliphatic rings. The maximum atomic E-state index is 14.1. The van der Waals surface area contributed by atoms with Crippen LogP contribution in [0.25, 0.3) is 5.53 Å². The van der Waals surface area contributed by atoms with E-state index < -0.39 is 37.1 Å². The van der Waals surface area contributed by atoms with Gasteiger partial charge in [0.2, 0.25) is 0 Å². The number of fused-ring (bicyclic) bond motifs is 6. The highest BCUT2D eigenvalue weighted by atomic mass is 28.3. The zero-order valence-electron chi connectivity index (χ0n) is 25.1. The molecule has 4 heterocycles. The molecule has 3 aromatic carbocycles. The minimum absolute atomic E-state index is 0.0175. The van der Waals surface area contributed by atoms with Crippen LogP contribution in [0.15, 0.2) is 54.6 Å². The van der Waals surface area contributed by atoms with Gasteiger partial charge in [-0.2, -0.15) is 4.79 Å². The zero-order valence-corrected chi connectivity index (χ0v) is 26.1. The Morgan fingerprint density at radius 2 is 1.36 bits per heavy atom. The summed E-state index contributed by atoms with van der Waals surface area (Å²) in [6, 6.07) is 17.4. The number of nitrogens with zero attached hydrogens (tertiary/aromatic N) is 5. The minimum atomic E-state index is -2.39. The monoisotopic (exact) mass is 617 g/mol. The van der Waals surface area contributed by atoms with Crippen LogP contribution in [0.5, 0.6) is 0 Å². The Hall–Kier alpha value is -4.86. The van der Waals surface area contributed by atoms with Gasteiger partial charge in [-0.25, -0.2) is 4.79 Å². The van der Waals surface area contributed by atoms with Crippen molar-refractivity contribution in [2.45, 2.75) is 44.2 Å². The lowest BCUT2D eigenvalue weighted by Gasteiger charge is -2.44. The van der Waals surface area contributed by atoms with Crippen molar-refractivity contribution < 1.29 is 28.8 Å². The lowest BCUT2D eigenvalue weighted by atomic mass is 9.68. The number of hydrogen-bond donors (Lipinski definition) is 0. The molecule has 11 heteroatoms. The van der Waals surface area contributed by atoms with Crippen LogP contribution in [0, 0.1) is 0 Å². The number of anilines is 2. The van der Waals surface area contributed by atoms with Gasteiger partial charge in [-0.05, 0) is 82.4 Å². The molecule has 0 N–H and O–H groups in total. The smallest absolute Gasteiger partial charge is 0.363 e. The number of hydroxylamine groups is 2. The van der Waals surface area contributed by atoms with Crippen LogP contribution in [0.1, 0.15) is 63.1 Å². The molecule has 10 nitrogen and oxygen atoms in total. The molecule has 0 aromatic heterocycles. The fourth-order valence-electron chi connectivity index (χ4n) is 7.65. The van der Waals surface area contributed by atoms with Gasteiger partial charge in [0.1, 0.15) is 8.07 Å². The van der Waals surface area contributed by atoms with Gasteiger partial charge < -0.3 is 20.2 Å². The summed E-state index contributed by atoms with van der Waals surface area (Å²) in [4.78, 5) is 65.5. The first-order valence-corrected chi connectivity index (χ1v) is 18.5. The van der Waals surface area contributed by atoms with Crippen molar-refractivity contribution >= 4 is 59.1 Å². The normalized spacial score (nSPS) is 20.4. The Morgan fingerprint density at radius 1 is 0.800 bits per heavy atom. The minimum Gasteiger partial charge on any atom is -0.371 e. The van der Waals surface area contributed by atoms with Crippen LogP contribution in [-0.2, 0) is 19.8 Å². The molecule has 0 atom stereocenters. The Balaban J connectivity index is 1.38. The second kappa shape index (κ2) is 9.57. The van der Waals surface area contributed by atoms with E-state index in [2.05, 4.69) is 64.1 Å². The van der Waals surface area contributed by atoms with Crippen molar-refractivity contribution in [3.63, 3.8) is 0 Å². The maximum absolute atomic E-state index is 14.1. The Morgan fingerprint density at radius 3 is 1.84 bits per heavy atom. The van der Waals surface area contributed by atoms with Gasteiger partial charge >= 0.3 is 11.7 Å². The van der Waals surface area contributed by atoms with Gasteiger partial charge in [0, 0.05) is 56.0 Å². The van der Waals surface area contributed by atoms with Gasteiger partial charge in [0.25, 0.3) is 17.6 Å². The third kappa shape index (κ3) is 3.68. The van der Waals surface area contributed by atoms with Crippen LogP contribution in [0.2, 0.25) is 13.1 Å². The molecule has 0 unspecified atom stereocenters. The first kappa shape index (κ1) is 27.7.